The Bertz CT molecular complexity index is 923. The summed E-state index contributed by atoms with van der Waals surface area (Å²) in [7, 11) is 0.293. The summed E-state index contributed by atoms with van der Waals surface area (Å²) >= 11 is 0. The minimum atomic E-state index is -3.03. The summed E-state index contributed by atoms with van der Waals surface area (Å²) < 4.78 is 25.8. The van der Waals surface area contributed by atoms with E-state index in [1.54, 1.807) is 32.3 Å². The first-order chi connectivity index (χ1) is 10.3. The van der Waals surface area contributed by atoms with Crippen LogP contribution in [0.2, 0.25) is 0 Å². The molecule has 0 spiro atoms. The number of hydrogen-bond acceptors (Lipinski definition) is 4. The van der Waals surface area contributed by atoms with Crippen molar-refractivity contribution in [1.82, 2.24) is 14.5 Å². The number of sulfone groups is 1. The number of imidazole rings is 1. The molecule has 2 aromatic rings. The average Bonchev–Trinajstić information content (AvgIpc) is 2.92. The third-order valence-corrected chi connectivity index (χ3v) is 5.87. The molecule has 22 heavy (non-hydrogen) atoms. The molecule has 1 aromatic heterocycles. The van der Waals surface area contributed by atoms with Crippen molar-refractivity contribution in [2.24, 2.45) is 14.1 Å². The first kappa shape index (κ1) is 14.8. The summed E-state index contributed by atoms with van der Waals surface area (Å²) in [5.74, 6) is -0.213. The highest BCUT2D eigenvalue weighted by Gasteiger charge is 2.29. The van der Waals surface area contributed by atoms with Crippen LogP contribution in [0.5, 0.6) is 0 Å². The van der Waals surface area contributed by atoms with Crippen LogP contribution >= 0.6 is 0 Å². The highest BCUT2D eigenvalue weighted by Crippen LogP contribution is 2.16. The molecular formula is C14H17N3O4S. The van der Waals surface area contributed by atoms with Crippen LogP contribution in [-0.2, 0) is 23.9 Å². The van der Waals surface area contributed by atoms with Crippen molar-refractivity contribution >= 4 is 26.8 Å². The van der Waals surface area contributed by atoms with Crippen LogP contribution in [0.3, 0.4) is 0 Å². The number of nitrogens with zero attached hydrogens (tertiary/aromatic N) is 2. The van der Waals surface area contributed by atoms with Gasteiger partial charge in [0.2, 0.25) is 0 Å². The molecule has 1 unspecified atom stereocenters. The van der Waals surface area contributed by atoms with Crippen LogP contribution in [0.1, 0.15) is 16.8 Å². The van der Waals surface area contributed by atoms with E-state index in [2.05, 4.69) is 5.32 Å². The van der Waals surface area contributed by atoms with Crippen LogP contribution in [-0.4, -0.2) is 41.0 Å². The maximum Gasteiger partial charge on any atom is 0.328 e. The van der Waals surface area contributed by atoms with Gasteiger partial charge in [-0.3, -0.25) is 13.9 Å². The SMILES string of the molecule is Cn1c(=O)n(C)c2cc(C(=O)NC3CCS(=O)(=O)C3)ccc21. The van der Waals surface area contributed by atoms with Crippen molar-refractivity contribution in [1.29, 1.82) is 0 Å². The molecule has 1 saturated heterocycles. The lowest BCUT2D eigenvalue weighted by Gasteiger charge is -2.11. The molecular weight excluding hydrogens is 306 g/mol. The van der Waals surface area contributed by atoms with Crippen molar-refractivity contribution in [3.05, 3.63) is 34.2 Å². The molecule has 1 aliphatic heterocycles. The highest BCUT2D eigenvalue weighted by atomic mass is 32.2. The Labute approximate surface area is 127 Å². The van der Waals surface area contributed by atoms with Crippen molar-refractivity contribution in [3.63, 3.8) is 0 Å². The van der Waals surface area contributed by atoms with Gasteiger partial charge in [0.05, 0.1) is 22.5 Å². The lowest BCUT2D eigenvalue weighted by Crippen LogP contribution is -2.35. The van der Waals surface area contributed by atoms with E-state index in [1.807, 2.05) is 0 Å². The third kappa shape index (κ3) is 2.43. The van der Waals surface area contributed by atoms with E-state index in [0.717, 1.165) is 5.52 Å². The van der Waals surface area contributed by atoms with Gasteiger partial charge in [0.1, 0.15) is 0 Å². The molecule has 3 rings (SSSR count). The fourth-order valence-electron chi connectivity index (χ4n) is 2.83. The molecule has 8 heteroatoms. The fourth-order valence-corrected chi connectivity index (χ4v) is 4.50. The zero-order chi connectivity index (χ0) is 16.1. The van der Waals surface area contributed by atoms with Gasteiger partial charge in [-0.15, -0.1) is 0 Å². The Morgan fingerprint density at radius 2 is 1.91 bits per heavy atom. The molecule has 1 atom stereocenters. The number of benzene rings is 1. The summed E-state index contributed by atoms with van der Waals surface area (Å²) in [6.07, 6.45) is 0.445. The Morgan fingerprint density at radius 1 is 1.23 bits per heavy atom. The average molecular weight is 323 g/mol. The highest BCUT2D eigenvalue weighted by molar-refractivity contribution is 7.91. The number of fused-ring (bicyclic) bond motifs is 1. The van der Waals surface area contributed by atoms with Crippen molar-refractivity contribution in [3.8, 4) is 0 Å². The zero-order valence-corrected chi connectivity index (χ0v) is 13.2. The number of aryl methyl sites for hydroxylation is 2. The number of hydrogen-bond donors (Lipinski definition) is 1. The lowest BCUT2D eigenvalue weighted by molar-refractivity contribution is 0.0941. The largest absolute Gasteiger partial charge is 0.348 e. The van der Waals surface area contributed by atoms with Crippen molar-refractivity contribution in [2.75, 3.05) is 11.5 Å². The second-order valence-corrected chi connectivity index (χ2v) is 7.91. The second kappa shape index (κ2) is 4.98. The van der Waals surface area contributed by atoms with Gasteiger partial charge < -0.3 is 5.32 Å². The maximum absolute atomic E-state index is 12.3. The van der Waals surface area contributed by atoms with Gasteiger partial charge in [-0.05, 0) is 24.6 Å². The van der Waals surface area contributed by atoms with E-state index in [4.69, 9.17) is 0 Å². The van der Waals surface area contributed by atoms with Crippen molar-refractivity contribution < 1.29 is 13.2 Å². The smallest absolute Gasteiger partial charge is 0.328 e. The minimum Gasteiger partial charge on any atom is -0.348 e. The van der Waals surface area contributed by atoms with Crippen LogP contribution < -0.4 is 11.0 Å². The normalized spacial score (nSPS) is 20.4. The Morgan fingerprint density at radius 3 is 2.55 bits per heavy atom. The molecule has 1 N–H and O–H groups in total. The van der Waals surface area contributed by atoms with E-state index in [1.165, 1.54) is 9.13 Å². The number of carbonyl (C=O) groups is 1. The first-order valence-electron chi connectivity index (χ1n) is 6.95. The van der Waals surface area contributed by atoms with Crippen LogP contribution in [0, 0.1) is 0 Å². The van der Waals surface area contributed by atoms with E-state index < -0.39 is 9.84 Å². The number of rotatable bonds is 2. The molecule has 1 aliphatic rings. The summed E-state index contributed by atoms with van der Waals surface area (Å²) in [5.41, 5.74) is 1.67. The van der Waals surface area contributed by atoms with Gasteiger partial charge >= 0.3 is 5.69 Å². The number of nitrogens with one attached hydrogen (secondary N) is 1. The van der Waals surface area contributed by atoms with Gasteiger partial charge in [-0.1, -0.05) is 0 Å². The molecule has 0 saturated carbocycles. The minimum absolute atomic E-state index is 0.00912. The number of carbonyl (C=O) groups excluding carboxylic acids is 1. The molecule has 0 radical (unpaired) electrons. The summed E-state index contributed by atoms with van der Waals surface area (Å²) in [4.78, 5) is 24.1. The van der Waals surface area contributed by atoms with E-state index in [-0.39, 0.29) is 29.1 Å². The van der Waals surface area contributed by atoms with Crippen LogP contribution in [0.25, 0.3) is 11.0 Å². The van der Waals surface area contributed by atoms with Crippen LogP contribution in [0.15, 0.2) is 23.0 Å². The molecule has 1 aromatic carbocycles. The summed E-state index contributed by atoms with van der Waals surface area (Å²) in [6, 6.07) is 4.67. The maximum atomic E-state index is 12.3. The molecule has 0 aliphatic carbocycles. The predicted octanol–water partition coefficient (Wildman–Crippen LogP) is -0.206. The van der Waals surface area contributed by atoms with Crippen LogP contribution in [0.4, 0.5) is 0 Å². The first-order valence-corrected chi connectivity index (χ1v) is 8.77. The number of aromatic nitrogens is 2. The van der Waals surface area contributed by atoms with E-state index in [0.29, 0.717) is 17.5 Å². The quantitative estimate of drug-likeness (QED) is 0.828. The van der Waals surface area contributed by atoms with Gasteiger partial charge in [-0.25, -0.2) is 13.2 Å². The molecule has 0 bridgehead atoms. The fraction of sp³-hybridized carbons (Fsp3) is 0.429. The van der Waals surface area contributed by atoms with Gasteiger partial charge in [0.15, 0.2) is 9.84 Å². The molecule has 1 amide bonds. The molecule has 2 heterocycles. The Kier molecular flexibility index (Phi) is 3.36. The van der Waals surface area contributed by atoms with Gasteiger partial charge in [-0.2, -0.15) is 0 Å². The number of amides is 1. The van der Waals surface area contributed by atoms with Crippen molar-refractivity contribution in [2.45, 2.75) is 12.5 Å². The second-order valence-electron chi connectivity index (χ2n) is 5.68. The Balaban J connectivity index is 1.89. The summed E-state index contributed by atoms with van der Waals surface area (Å²) in [5, 5.41) is 2.74. The lowest BCUT2D eigenvalue weighted by atomic mass is 10.1. The standard InChI is InChI=1S/C14H17N3O4S/c1-16-11-4-3-9(7-12(11)17(2)14(16)19)13(18)15-10-5-6-22(20,21)8-10/h3-4,7,10H,5-6,8H2,1-2H3,(H,15,18). The van der Waals surface area contributed by atoms with Gasteiger partial charge in [0.25, 0.3) is 5.91 Å². The zero-order valence-electron chi connectivity index (χ0n) is 12.4. The molecule has 118 valence electrons. The predicted molar refractivity (Wildman–Crippen MR) is 82.7 cm³/mol. The van der Waals surface area contributed by atoms with E-state index in [9.17, 15) is 18.0 Å². The van der Waals surface area contributed by atoms with E-state index >= 15 is 0 Å². The molecule has 7 nitrogen and oxygen atoms in total. The topological polar surface area (TPSA) is 90.2 Å². The third-order valence-electron chi connectivity index (χ3n) is 4.10. The Hall–Kier alpha value is -2.09. The monoisotopic (exact) mass is 323 g/mol. The summed E-state index contributed by atoms with van der Waals surface area (Å²) in [6.45, 7) is 0. The van der Waals surface area contributed by atoms with Gasteiger partial charge in [0, 0.05) is 25.7 Å². The molecule has 1 fully saturated rings.